The Morgan fingerprint density at radius 1 is 0.895 bits per heavy atom. The number of nitrogens with one attached hydrogen (secondary N) is 3. The van der Waals surface area contributed by atoms with Gasteiger partial charge in [-0.15, -0.1) is 0 Å². The number of hydrogen-bond donors (Lipinski definition) is 3. The van der Waals surface area contributed by atoms with Crippen molar-refractivity contribution < 1.29 is 22.7 Å². The van der Waals surface area contributed by atoms with E-state index >= 15 is 0 Å². The van der Waals surface area contributed by atoms with Crippen LogP contribution in [0.2, 0.25) is 0 Å². The second-order valence-corrected chi connectivity index (χ2v) is 11.0. The van der Waals surface area contributed by atoms with Crippen LogP contribution in [0.5, 0.6) is 0 Å². The predicted octanol–water partition coefficient (Wildman–Crippen LogP) is 4.96. The Labute approximate surface area is 228 Å². The highest BCUT2D eigenvalue weighted by atomic mass is 79.9. The number of benzene rings is 3. The number of amides is 2. The summed E-state index contributed by atoms with van der Waals surface area (Å²) >= 11 is 3.42. The molecule has 0 aliphatic carbocycles. The van der Waals surface area contributed by atoms with E-state index in [9.17, 15) is 18.0 Å². The Bertz CT molecular complexity index is 1540. The molecule has 0 fully saturated rings. The highest BCUT2D eigenvalue weighted by Gasteiger charge is 2.13. The number of pyridine rings is 1. The maximum Gasteiger partial charge on any atom is 0.411 e. The average molecular weight is 597 g/mol. The second-order valence-electron chi connectivity index (χ2n) is 8.23. The van der Waals surface area contributed by atoms with Gasteiger partial charge in [0.2, 0.25) is 10.0 Å². The van der Waals surface area contributed by atoms with Crippen molar-refractivity contribution in [1.82, 2.24) is 9.71 Å². The molecule has 9 nitrogen and oxygen atoms in total. The molecule has 0 radical (unpaired) electrons. The standard InChI is InChI=1S/C27H25BrN4O5S/c28-22-18-19(11-12-24(22)31-26(33)25-9-3-4-14-29-25)13-17-38(35,36)30-15-16-37-27(34)32-23-10-5-7-20-6-1-2-8-21(20)23/h1-12,14,18,30H,13,15-17H2,(H,31,33)(H,32,34). The highest BCUT2D eigenvalue weighted by molar-refractivity contribution is 9.10. The van der Waals surface area contributed by atoms with E-state index in [0.29, 0.717) is 15.8 Å². The molecule has 4 aromatic rings. The second kappa shape index (κ2) is 12.6. The minimum absolute atomic E-state index is 0.0481. The van der Waals surface area contributed by atoms with Gasteiger partial charge in [-0.05, 0) is 63.6 Å². The van der Waals surface area contributed by atoms with Crippen LogP contribution in [-0.4, -0.2) is 44.3 Å². The highest BCUT2D eigenvalue weighted by Crippen LogP contribution is 2.25. The average Bonchev–Trinajstić information content (AvgIpc) is 2.92. The fourth-order valence-corrected chi connectivity index (χ4v) is 5.21. The largest absolute Gasteiger partial charge is 0.448 e. The first-order valence-corrected chi connectivity index (χ1v) is 14.1. The minimum atomic E-state index is -3.60. The van der Waals surface area contributed by atoms with Gasteiger partial charge in [-0.25, -0.2) is 17.9 Å². The number of carbonyl (C=O) groups is 2. The lowest BCUT2D eigenvalue weighted by molar-refractivity contribution is 0.102. The van der Waals surface area contributed by atoms with Crippen molar-refractivity contribution in [2.24, 2.45) is 0 Å². The van der Waals surface area contributed by atoms with Crippen LogP contribution >= 0.6 is 15.9 Å². The molecule has 0 saturated heterocycles. The molecule has 0 aliphatic rings. The lowest BCUT2D eigenvalue weighted by Crippen LogP contribution is -2.31. The van der Waals surface area contributed by atoms with E-state index in [0.717, 1.165) is 16.3 Å². The number of aromatic nitrogens is 1. The summed E-state index contributed by atoms with van der Waals surface area (Å²) in [7, 11) is -3.60. The van der Waals surface area contributed by atoms with Gasteiger partial charge < -0.3 is 10.1 Å². The van der Waals surface area contributed by atoms with Crippen molar-refractivity contribution in [1.29, 1.82) is 0 Å². The first-order valence-electron chi connectivity index (χ1n) is 11.7. The number of ether oxygens (including phenoxy) is 1. The van der Waals surface area contributed by atoms with Crippen LogP contribution in [0, 0.1) is 0 Å². The van der Waals surface area contributed by atoms with Crippen molar-refractivity contribution in [3.8, 4) is 0 Å². The summed E-state index contributed by atoms with van der Waals surface area (Å²) in [5, 5.41) is 7.31. The number of fused-ring (bicyclic) bond motifs is 1. The number of hydrogen-bond acceptors (Lipinski definition) is 6. The first-order chi connectivity index (χ1) is 18.3. The van der Waals surface area contributed by atoms with Crippen molar-refractivity contribution in [2.45, 2.75) is 6.42 Å². The molecule has 196 valence electrons. The van der Waals surface area contributed by atoms with E-state index < -0.39 is 16.1 Å². The fourth-order valence-electron chi connectivity index (χ4n) is 3.64. The summed E-state index contributed by atoms with van der Waals surface area (Å²) in [5.41, 5.74) is 2.21. The van der Waals surface area contributed by atoms with Gasteiger partial charge in [0.15, 0.2) is 0 Å². The van der Waals surface area contributed by atoms with Crippen molar-refractivity contribution in [3.63, 3.8) is 0 Å². The molecular weight excluding hydrogens is 572 g/mol. The number of rotatable bonds is 10. The molecule has 3 aromatic carbocycles. The zero-order valence-electron chi connectivity index (χ0n) is 20.2. The third-order valence-corrected chi connectivity index (χ3v) is 7.56. The fraction of sp³-hybridized carbons (Fsp3) is 0.148. The van der Waals surface area contributed by atoms with E-state index in [1.807, 2.05) is 36.4 Å². The first kappa shape index (κ1) is 27.2. The Kier molecular flexibility index (Phi) is 9.06. The van der Waals surface area contributed by atoms with Crippen LogP contribution in [0.1, 0.15) is 16.1 Å². The molecule has 0 atom stereocenters. The summed E-state index contributed by atoms with van der Waals surface area (Å²) in [6.07, 6.45) is 1.13. The van der Waals surface area contributed by atoms with Crippen LogP contribution in [0.15, 0.2) is 89.5 Å². The van der Waals surface area contributed by atoms with Crippen LogP contribution in [0.3, 0.4) is 0 Å². The van der Waals surface area contributed by atoms with E-state index in [-0.39, 0.29) is 36.9 Å². The van der Waals surface area contributed by atoms with Gasteiger partial charge in [0.05, 0.1) is 17.1 Å². The van der Waals surface area contributed by atoms with Crippen molar-refractivity contribution in [3.05, 3.63) is 101 Å². The molecule has 1 aromatic heterocycles. The number of carbonyl (C=O) groups excluding carboxylic acids is 2. The number of sulfonamides is 1. The molecule has 38 heavy (non-hydrogen) atoms. The third kappa shape index (κ3) is 7.60. The topological polar surface area (TPSA) is 126 Å². The zero-order valence-corrected chi connectivity index (χ0v) is 22.6. The Hall–Kier alpha value is -3.80. The molecular formula is C27H25BrN4O5S. The molecule has 2 amide bonds. The van der Waals surface area contributed by atoms with Crippen LogP contribution in [-0.2, 0) is 21.2 Å². The number of anilines is 2. The van der Waals surface area contributed by atoms with Gasteiger partial charge in [-0.1, -0.05) is 48.5 Å². The number of halogens is 1. The Morgan fingerprint density at radius 3 is 2.47 bits per heavy atom. The molecule has 0 unspecified atom stereocenters. The SMILES string of the molecule is O=C(Nc1cccc2ccccc12)OCCNS(=O)(=O)CCc1ccc(NC(=O)c2ccccn2)c(Br)c1. The van der Waals surface area contributed by atoms with E-state index in [1.54, 1.807) is 42.5 Å². The minimum Gasteiger partial charge on any atom is -0.448 e. The summed E-state index contributed by atoms with van der Waals surface area (Å²) in [6.45, 7) is -0.167. The van der Waals surface area contributed by atoms with E-state index in [4.69, 9.17) is 4.74 Å². The monoisotopic (exact) mass is 596 g/mol. The van der Waals surface area contributed by atoms with Gasteiger partial charge in [0, 0.05) is 22.6 Å². The quantitative estimate of drug-likeness (QED) is 0.222. The van der Waals surface area contributed by atoms with Crippen LogP contribution in [0.4, 0.5) is 16.2 Å². The maximum absolute atomic E-state index is 12.4. The van der Waals surface area contributed by atoms with Crippen molar-refractivity contribution in [2.75, 3.05) is 29.5 Å². The molecule has 0 saturated carbocycles. The molecule has 4 rings (SSSR count). The van der Waals surface area contributed by atoms with Gasteiger partial charge in [-0.3, -0.25) is 15.1 Å². The maximum atomic E-state index is 12.4. The predicted molar refractivity (Wildman–Crippen MR) is 151 cm³/mol. The number of aryl methyl sites for hydroxylation is 1. The molecule has 0 spiro atoms. The van der Waals surface area contributed by atoms with Gasteiger partial charge in [0.25, 0.3) is 5.91 Å². The van der Waals surface area contributed by atoms with E-state index in [2.05, 4.69) is 36.3 Å². The molecule has 1 heterocycles. The zero-order chi connectivity index (χ0) is 27.0. The van der Waals surface area contributed by atoms with Gasteiger partial charge >= 0.3 is 6.09 Å². The molecule has 0 bridgehead atoms. The summed E-state index contributed by atoms with van der Waals surface area (Å²) in [6, 6.07) is 23.4. The summed E-state index contributed by atoms with van der Waals surface area (Å²) in [5.74, 6) is -0.500. The molecule has 3 N–H and O–H groups in total. The molecule has 11 heteroatoms. The van der Waals surface area contributed by atoms with Gasteiger partial charge in [0.1, 0.15) is 12.3 Å². The smallest absolute Gasteiger partial charge is 0.411 e. The lowest BCUT2D eigenvalue weighted by atomic mass is 10.1. The van der Waals surface area contributed by atoms with E-state index in [1.165, 1.54) is 6.20 Å². The molecule has 0 aliphatic heterocycles. The summed E-state index contributed by atoms with van der Waals surface area (Å²) < 4.78 is 33.0. The van der Waals surface area contributed by atoms with Crippen LogP contribution < -0.4 is 15.4 Å². The Balaban J connectivity index is 1.21. The lowest BCUT2D eigenvalue weighted by Gasteiger charge is -2.11. The van der Waals surface area contributed by atoms with Crippen molar-refractivity contribution >= 4 is 60.1 Å². The third-order valence-electron chi connectivity index (χ3n) is 5.52. The van der Waals surface area contributed by atoms with Gasteiger partial charge in [-0.2, -0.15) is 0 Å². The van der Waals surface area contributed by atoms with Crippen LogP contribution in [0.25, 0.3) is 10.8 Å². The normalized spacial score (nSPS) is 11.2. The number of nitrogens with zero attached hydrogens (tertiary/aromatic N) is 1. The Morgan fingerprint density at radius 2 is 1.68 bits per heavy atom. The summed E-state index contributed by atoms with van der Waals surface area (Å²) in [4.78, 5) is 28.5.